The molecule has 9 nitrogen and oxygen atoms in total. The first kappa shape index (κ1) is 28.7. The number of carbonyl (C=O) groups is 1. The third-order valence-corrected chi connectivity index (χ3v) is 5.71. The van der Waals surface area contributed by atoms with Gasteiger partial charge in [-0.25, -0.2) is 18.7 Å². The number of aromatic nitrogens is 2. The summed E-state index contributed by atoms with van der Waals surface area (Å²) in [7, 11) is 0. The van der Waals surface area contributed by atoms with Gasteiger partial charge in [0.05, 0.1) is 36.6 Å². The number of amides is 1. The lowest BCUT2D eigenvalue weighted by molar-refractivity contribution is -0.119. The van der Waals surface area contributed by atoms with Gasteiger partial charge in [-0.3, -0.25) is 9.79 Å². The first-order valence-corrected chi connectivity index (χ1v) is 12.1. The van der Waals surface area contributed by atoms with Gasteiger partial charge in [0.1, 0.15) is 17.7 Å². The van der Waals surface area contributed by atoms with Crippen LogP contribution in [-0.4, -0.2) is 41.3 Å². The summed E-state index contributed by atoms with van der Waals surface area (Å²) in [6, 6.07) is 3.81. The van der Waals surface area contributed by atoms with E-state index in [4.69, 9.17) is 21.6 Å². The normalized spacial score (nSPS) is 15.3. The Morgan fingerprint density at radius 1 is 1.26 bits per heavy atom. The first-order valence-electron chi connectivity index (χ1n) is 12.1. The van der Waals surface area contributed by atoms with E-state index in [1.807, 2.05) is 13.8 Å². The minimum atomic E-state index is -2.64. The lowest BCUT2D eigenvalue weighted by atomic mass is 9.97. The number of aliphatic imine (C=N–C) groups is 1. The van der Waals surface area contributed by atoms with Crippen molar-refractivity contribution in [3.8, 4) is 12.3 Å². The molecule has 0 saturated carbocycles. The van der Waals surface area contributed by atoms with Crippen molar-refractivity contribution in [1.82, 2.24) is 15.3 Å². The number of aryl methyl sites for hydroxylation is 1. The van der Waals surface area contributed by atoms with Gasteiger partial charge >= 0.3 is 0 Å². The number of nitrogens with one attached hydrogen (secondary N) is 2. The first-order chi connectivity index (χ1) is 18.1. The van der Waals surface area contributed by atoms with Crippen molar-refractivity contribution >= 4 is 17.9 Å². The Morgan fingerprint density at radius 3 is 2.55 bits per heavy atom. The number of alkyl halides is 2. The Hall–Kier alpha value is -3.88. The molecule has 0 spiro atoms. The number of nitrogens with zero attached hydrogens (tertiary/aromatic N) is 3. The lowest BCUT2D eigenvalue weighted by Crippen LogP contribution is -2.28. The van der Waals surface area contributed by atoms with Gasteiger partial charge in [-0.1, -0.05) is 24.1 Å². The van der Waals surface area contributed by atoms with Crippen molar-refractivity contribution in [2.75, 3.05) is 18.5 Å². The molecule has 0 aliphatic carbocycles. The Kier molecular flexibility index (Phi) is 9.87. The van der Waals surface area contributed by atoms with Crippen LogP contribution in [0.1, 0.15) is 66.4 Å². The Bertz CT molecular complexity index is 1250. The summed E-state index contributed by atoms with van der Waals surface area (Å²) in [5.41, 5.74) is 7.51. The van der Waals surface area contributed by atoms with Crippen molar-refractivity contribution in [3.63, 3.8) is 0 Å². The SMILES string of the molecule is C#CC(Nc1nc(C)nc(CC(=O)N/C(C=NC(C)C)=C/N)c1C1OCCO1)c1cccc(C(F)F)c1C. The number of benzene rings is 1. The van der Waals surface area contributed by atoms with Gasteiger partial charge in [-0.2, -0.15) is 0 Å². The quantitative estimate of drug-likeness (QED) is 0.318. The number of carbonyl (C=O) groups excluding carboxylic acids is 1. The maximum atomic E-state index is 13.5. The van der Waals surface area contributed by atoms with Crippen LogP contribution in [0.15, 0.2) is 35.1 Å². The highest BCUT2D eigenvalue weighted by atomic mass is 19.3. The van der Waals surface area contributed by atoms with Gasteiger partial charge in [0.25, 0.3) is 6.43 Å². The number of ether oxygens (including phenoxy) is 2. The summed E-state index contributed by atoms with van der Waals surface area (Å²) < 4.78 is 38.5. The maximum absolute atomic E-state index is 13.5. The molecule has 38 heavy (non-hydrogen) atoms. The Labute approximate surface area is 220 Å². The molecule has 3 rings (SSSR count). The summed E-state index contributed by atoms with van der Waals surface area (Å²) in [5, 5.41) is 5.87. The zero-order valence-corrected chi connectivity index (χ0v) is 21.8. The van der Waals surface area contributed by atoms with Gasteiger partial charge < -0.3 is 25.8 Å². The molecule has 0 radical (unpaired) electrons. The second kappa shape index (κ2) is 13.1. The molecule has 0 bridgehead atoms. The van der Waals surface area contributed by atoms with Gasteiger partial charge in [0, 0.05) is 24.0 Å². The third kappa shape index (κ3) is 7.12. The molecule has 1 unspecified atom stereocenters. The topological polar surface area (TPSA) is 124 Å². The van der Waals surface area contributed by atoms with E-state index < -0.39 is 24.7 Å². The van der Waals surface area contributed by atoms with Gasteiger partial charge in [0.15, 0.2) is 6.29 Å². The molecule has 11 heteroatoms. The molecule has 202 valence electrons. The molecule has 1 fully saturated rings. The van der Waals surface area contributed by atoms with Crippen molar-refractivity contribution in [1.29, 1.82) is 0 Å². The van der Waals surface area contributed by atoms with Crippen molar-refractivity contribution in [2.24, 2.45) is 10.7 Å². The van der Waals surface area contributed by atoms with Crippen LogP contribution in [0, 0.1) is 26.2 Å². The molecule has 2 heterocycles. The zero-order chi connectivity index (χ0) is 27.8. The number of hydrogen-bond donors (Lipinski definition) is 3. The number of anilines is 1. The van der Waals surface area contributed by atoms with E-state index in [1.54, 1.807) is 19.9 Å². The fourth-order valence-electron chi connectivity index (χ4n) is 3.93. The second-order valence-electron chi connectivity index (χ2n) is 8.88. The van der Waals surface area contributed by atoms with Crippen molar-refractivity contribution < 1.29 is 23.0 Å². The van der Waals surface area contributed by atoms with Crippen LogP contribution in [0.2, 0.25) is 0 Å². The van der Waals surface area contributed by atoms with Crippen LogP contribution in [0.25, 0.3) is 0 Å². The van der Waals surface area contributed by atoms with E-state index in [1.165, 1.54) is 24.5 Å². The molecule has 1 aromatic heterocycles. The molecule has 1 saturated heterocycles. The van der Waals surface area contributed by atoms with E-state index in [0.29, 0.717) is 47.1 Å². The smallest absolute Gasteiger partial charge is 0.264 e. The van der Waals surface area contributed by atoms with Crippen LogP contribution in [0.4, 0.5) is 14.6 Å². The van der Waals surface area contributed by atoms with Crippen LogP contribution in [0.5, 0.6) is 0 Å². The average Bonchev–Trinajstić information content (AvgIpc) is 3.39. The van der Waals surface area contributed by atoms with Gasteiger partial charge in [0.2, 0.25) is 5.91 Å². The van der Waals surface area contributed by atoms with Crippen LogP contribution in [0.3, 0.4) is 0 Å². The molecule has 1 amide bonds. The van der Waals surface area contributed by atoms with Gasteiger partial charge in [-0.15, -0.1) is 6.42 Å². The Morgan fingerprint density at radius 2 is 1.95 bits per heavy atom. The minimum absolute atomic E-state index is 0.0254. The van der Waals surface area contributed by atoms with Crippen molar-refractivity contribution in [3.05, 3.63) is 63.9 Å². The summed E-state index contributed by atoms with van der Waals surface area (Å²) in [5.74, 6) is 2.87. The zero-order valence-electron chi connectivity index (χ0n) is 21.8. The van der Waals surface area contributed by atoms with Crippen LogP contribution in [-0.2, 0) is 20.7 Å². The predicted molar refractivity (Wildman–Crippen MR) is 140 cm³/mol. The lowest BCUT2D eigenvalue weighted by Gasteiger charge is -2.23. The number of terminal acetylenes is 1. The molecule has 1 aliphatic heterocycles. The van der Waals surface area contributed by atoms with Crippen LogP contribution < -0.4 is 16.4 Å². The monoisotopic (exact) mass is 526 g/mol. The molecular formula is C27H32F2N6O3. The molecule has 1 atom stereocenters. The van der Waals surface area contributed by atoms with E-state index in [0.717, 1.165) is 0 Å². The Balaban J connectivity index is 1.98. The van der Waals surface area contributed by atoms with E-state index in [9.17, 15) is 13.6 Å². The summed E-state index contributed by atoms with van der Waals surface area (Å²) in [4.78, 5) is 26.1. The number of nitrogens with two attached hydrogens (primary N) is 1. The standard InChI is InChI=1S/C27H32F2N6O3/c1-6-21(19-8-7-9-20(16(19)4)25(28)29)35-26-24(27-37-10-11-38-27)22(32-17(5)33-26)12-23(36)34-18(13-30)14-31-15(2)3/h1,7-9,13-15,21,25,27H,10-12,30H2,2-5H3,(H,34,36)(H,32,33,35)/b18-13+,31-14?. The highest BCUT2D eigenvalue weighted by Gasteiger charge is 2.29. The van der Waals surface area contributed by atoms with E-state index >= 15 is 0 Å². The summed E-state index contributed by atoms with van der Waals surface area (Å²) >= 11 is 0. The highest BCUT2D eigenvalue weighted by Crippen LogP contribution is 2.35. The fourth-order valence-corrected chi connectivity index (χ4v) is 3.93. The van der Waals surface area contributed by atoms with Crippen LogP contribution >= 0.6 is 0 Å². The number of allylic oxidation sites excluding steroid dienone is 1. The second-order valence-corrected chi connectivity index (χ2v) is 8.88. The largest absolute Gasteiger partial charge is 0.403 e. The van der Waals surface area contributed by atoms with E-state index in [2.05, 4.69) is 31.5 Å². The maximum Gasteiger partial charge on any atom is 0.264 e. The van der Waals surface area contributed by atoms with Gasteiger partial charge in [-0.05, 0) is 38.8 Å². The average molecular weight is 527 g/mol. The molecule has 1 aliphatic rings. The molecule has 1 aromatic carbocycles. The highest BCUT2D eigenvalue weighted by molar-refractivity contribution is 5.89. The minimum Gasteiger partial charge on any atom is -0.403 e. The number of halogens is 2. The molecule has 4 N–H and O–H groups in total. The number of rotatable bonds is 10. The fraction of sp³-hybridized carbons (Fsp3) is 0.407. The molecule has 2 aromatic rings. The predicted octanol–water partition coefficient (Wildman–Crippen LogP) is 3.80. The number of hydrogen-bond acceptors (Lipinski definition) is 8. The van der Waals surface area contributed by atoms with E-state index in [-0.39, 0.29) is 23.8 Å². The third-order valence-electron chi connectivity index (χ3n) is 5.71. The molecular weight excluding hydrogens is 494 g/mol. The summed E-state index contributed by atoms with van der Waals surface area (Å²) in [6.45, 7) is 7.73. The summed E-state index contributed by atoms with van der Waals surface area (Å²) in [6.07, 6.45) is 4.92. The van der Waals surface area contributed by atoms with Crippen molar-refractivity contribution in [2.45, 2.75) is 58.9 Å².